The number of allylic oxidation sites excluding steroid dienone is 4. The second-order valence-electron chi connectivity index (χ2n) is 7.23. The topological polar surface area (TPSA) is 0 Å². The fourth-order valence-electron chi connectivity index (χ4n) is 3.92. The molecule has 4 rings (SSSR count). The third kappa shape index (κ3) is 5.01. The van der Waals surface area contributed by atoms with Gasteiger partial charge in [0.25, 0.3) is 0 Å². The third-order valence-electron chi connectivity index (χ3n) is 5.45. The third-order valence-corrected chi connectivity index (χ3v) is 5.45. The van der Waals surface area contributed by atoms with Crippen LogP contribution in [0.1, 0.15) is 44.9 Å². The second-order valence-corrected chi connectivity index (χ2v) is 8.39. The van der Waals surface area contributed by atoms with Gasteiger partial charge in [0.1, 0.15) is 0 Å². The van der Waals surface area contributed by atoms with Crippen molar-refractivity contribution in [3.8, 4) is 11.1 Å². The number of fused-ring (bicyclic) bond motifs is 3. The van der Waals surface area contributed by atoms with E-state index >= 15 is 0 Å². The summed E-state index contributed by atoms with van der Waals surface area (Å²) in [4.78, 5) is 0. The summed E-state index contributed by atoms with van der Waals surface area (Å²) in [6.07, 6.45) is 9.84. The molecule has 0 fully saturated rings. The van der Waals surface area contributed by atoms with Crippen molar-refractivity contribution in [2.45, 2.75) is 53.1 Å². The molecule has 0 N–H and O–H groups in total. The molecular formula is C24H28Cl2SiZr. The maximum Gasteiger partial charge on any atom is 3.00 e. The first kappa shape index (κ1) is 27.6. The molecule has 4 heteroatoms. The van der Waals surface area contributed by atoms with Gasteiger partial charge in [-0.05, 0) is 37.3 Å². The summed E-state index contributed by atoms with van der Waals surface area (Å²) in [6, 6.07) is 8.32. The Morgan fingerprint density at radius 1 is 0.857 bits per heavy atom. The minimum Gasteiger partial charge on any atom is -1.00 e. The molecule has 0 amide bonds. The van der Waals surface area contributed by atoms with Crippen molar-refractivity contribution in [3.63, 3.8) is 0 Å². The number of hydrogen-bond acceptors (Lipinski definition) is 0. The van der Waals surface area contributed by atoms with Crippen LogP contribution >= 0.6 is 0 Å². The maximum absolute atomic E-state index is 3.77. The molecule has 2 aliphatic rings. The van der Waals surface area contributed by atoms with Crippen LogP contribution in [0, 0.1) is 33.8 Å². The van der Waals surface area contributed by atoms with Gasteiger partial charge < -0.3 is 24.8 Å². The van der Waals surface area contributed by atoms with Gasteiger partial charge >= 0.3 is 26.2 Å². The van der Waals surface area contributed by atoms with E-state index in [1.165, 1.54) is 50.1 Å². The molecule has 0 saturated heterocycles. The normalized spacial score (nSPS) is 12.8. The molecule has 2 aromatic carbocycles. The molecular weight excluding hydrogens is 478 g/mol. The number of benzene rings is 2. The predicted octanol–water partition coefficient (Wildman–Crippen LogP) is 0.0259. The molecule has 0 aliphatic heterocycles. The van der Waals surface area contributed by atoms with E-state index in [0.717, 1.165) is 15.9 Å². The fraction of sp³-hybridized carbons (Fsp3) is 0.333. The van der Waals surface area contributed by atoms with Gasteiger partial charge in [-0.2, -0.15) is 11.6 Å². The van der Waals surface area contributed by atoms with Gasteiger partial charge in [-0.25, -0.2) is 0 Å². The Kier molecular flexibility index (Phi) is 11.5. The molecule has 0 aromatic heterocycles. The van der Waals surface area contributed by atoms with E-state index in [0.29, 0.717) is 5.92 Å². The Morgan fingerprint density at radius 2 is 1.43 bits per heavy atom. The van der Waals surface area contributed by atoms with Crippen molar-refractivity contribution in [2.75, 3.05) is 0 Å². The van der Waals surface area contributed by atoms with Gasteiger partial charge in [0.05, 0.1) is 0 Å². The number of aryl methyl sites for hydroxylation is 1. The van der Waals surface area contributed by atoms with E-state index < -0.39 is 0 Å². The van der Waals surface area contributed by atoms with Crippen LogP contribution in [0.15, 0.2) is 36.4 Å². The molecule has 0 nitrogen and oxygen atoms in total. The van der Waals surface area contributed by atoms with Crippen molar-refractivity contribution in [1.29, 1.82) is 0 Å². The molecule has 0 heterocycles. The van der Waals surface area contributed by atoms with E-state index in [9.17, 15) is 0 Å². The van der Waals surface area contributed by atoms with E-state index in [-0.39, 0.29) is 51.0 Å². The summed E-state index contributed by atoms with van der Waals surface area (Å²) in [7, 11) is 0.750. The molecule has 2 aliphatic carbocycles. The molecule has 0 unspecified atom stereocenters. The largest absolute Gasteiger partial charge is 3.00 e. The van der Waals surface area contributed by atoms with Gasteiger partial charge in [-0.15, -0.1) is 22.3 Å². The Morgan fingerprint density at radius 3 is 2.00 bits per heavy atom. The van der Waals surface area contributed by atoms with Gasteiger partial charge in [0.2, 0.25) is 0 Å². The smallest absolute Gasteiger partial charge is 1.00 e. The van der Waals surface area contributed by atoms with Crippen LogP contribution in [-0.2, 0) is 32.6 Å². The van der Waals surface area contributed by atoms with Crippen LogP contribution < -0.4 is 24.8 Å². The summed E-state index contributed by atoms with van der Waals surface area (Å²) < 4.78 is 0. The molecule has 0 saturated carbocycles. The van der Waals surface area contributed by atoms with E-state index in [1.54, 1.807) is 0 Å². The average molecular weight is 507 g/mol. The Hall–Kier alpha value is -0.400. The molecule has 0 bridgehead atoms. The van der Waals surface area contributed by atoms with Crippen LogP contribution in [-0.4, -0.2) is 9.52 Å². The van der Waals surface area contributed by atoms with E-state index in [1.807, 2.05) is 0 Å². The number of rotatable bonds is 1. The van der Waals surface area contributed by atoms with Crippen LogP contribution in [0.3, 0.4) is 0 Å². The van der Waals surface area contributed by atoms with Gasteiger partial charge in [-0.3, -0.25) is 0 Å². The summed E-state index contributed by atoms with van der Waals surface area (Å²) in [5.74, 6) is 0.399. The summed E-state index contributed by atoms with van der Waals surface area (Å²) >= 11 is 0. The van der Waals surface area contributed by atoms with E-state index in [4.69, 9.17) is 0 Å². The first-order valence-electron chi connectivity index (χ1n) is 9.23. The van der Waals surface area contributed by atoms with Gasteiger partial charge in [-0.1, -0.05) is 74.5 Å². The zero-order valence-corrected chi connectivity index (χ0v) is 22.7. The van der Waals surface area contributed by atoms with Crippen LogP contribution in [0.25, 0.3) is 11.1 Å². The van der Waals surface area contributed by atoms with Crippen molar-refractivity contribution in [2.24, 2.45) is 0 Å². The molecule has 28 heavy (non-hydrogen) atoms. The molecule has 0 atom stereocenters. The van der Waals surface area contributed by atoms with Crippen LogP contribution in [0.5, 0.6) is 0 Å². The summed E-state index contributed by atoms with van der Waals surface area (Å²) in [6.45, 7) is 13.4. The first-order valence-corrected chi connectivity index (χ1v) is 11.5. The predicted molar refractivity (Wildman–Crippen MR) is 112 cm³/mol. The average Bonchev–Trinajstić information content (AvgIpc) is 3.22. The van der Waals surface area contributed by atoms with Crippen LogP contribution in [0.2, 0.25) is 13.1 Å². The molecule has 2 aromatic rings. The summed E-state index contributed by atoms with van der Waals surface area (Å²) in [5.41, 5.74) is 12.8. The molecule has 2 radical (unpaired) electrons. The number of halogens is 2. The zero-order chi connectivity index (χ0) is 18.1. The van der Waals surface area contributed by atoms with Crippen molar-refractivity contribution >= 4 is 9.52 Å². The summed E-state index contributed by atoms with van der Waals surface area (Å²) in [5, 5.41) is 0. The minimum absolute atomic E-state index is 0. The molecule has 0 spiro atoms. The Labute approximate surface area is 205 Å². The monoisotopic (exact) mass is 504 g/mol. The quantitative estimate of drug-likeness (QED) is 0.323. The first-order chi connectivity index (χ1) is 12.0. The Balaban J connectivity index is 0.00000115. The Bertz CT molecular complexity index is 873. The fourth-order valence-corrected chi connectivity index (χ4v) is 3.92. The SMILES string of the molecule is C[SiH]C.Cc1ccc2c(c1C)-c1c([c-]c(C3C=CC=C3)c(C)c1C)C2.[Cl-].[Cl-].[Zr+3]. The standard InChI is InChI=1S/C22H21.C2H7Si.2ClH.Zr/c1-13-9-10-18-11-19-12-20(17-7-5-6-8-17)15(3)16(4)22(19)21(18)14(13)2;1-3-2;;;/h5-10,17H,11H2,1-4H3;3H,1-2H3;2*1H;/q-1;;;;+3/p-2. The second kappa shape index (κ2) is 11.7. The van der Waals surface area contributed by atoms with Gasteiger partial charge in [0.15, 0.2) is 0 Å². The number of hydrogen-bond donors (Lipinski definition) is 0. The molecule has 146 valence electrons. The minimum atomic E-state index is 0. The van der Waals surface area contributed by atoms with E-state index in [2.05, 4.69) is 83.3 Å². The van der Waals surface area contributed by atoms with Crippen LogP contribution in [0.4, 0.5) is 0 Å². The maximum atomic E-state index is 3.77. The zero-order valence-electron chi connectivity index (χ0n) is 17.6. The van der Waals surface area contributed by atoms with Crippen molar-refractivity contribution < 1.29 is 51.0 Å². The van der Waals surface area contributed by atoms with Gasteiger partial charge in [0, 0.05) is 9.52 Å². The van der Waals surface area contributed by atoms with Crippen molar-refractivity contribution in [3.05, 3.63) is 81.4 Å². The van der Waals surface area contributed by atoms with Crippen molar-refractivity contribution in [1.82, 2.24) is 0 Å².